The second-order valence-corrected chi connectivity index (χ2v) is 8.32. The SMILES string of the molecule is O=C(CN1CSCC1=O)Nc1cccc(S(=O)(=O)NC2=NCCC2)c1. The van der Waals surface area contributed by atoms with Gasteiger partial charge in [-0.15, -0.1) is 11.8 Å². The van der Waals surface area contributed by atoms with Gasteiger partial charge in [-0.25, -0.2) is 8.42 Å². The van der Waals surface area contributed by atoms with Gasteiger partial charge in [-0.2, -0.15) is 0 Å². The lowest BCUT2D eigenvalue weighted by Crippen LogP contribution is -2.34. The maximum atomic E-state index is 12.4. The van der Waals surface area contributed by atoms with Crippen LogP contribution in [0, 0.1) is 0 Å². The molecule has 2 heterocycles. The Morgan fingerprint density at radius 2 is 2.20 bits per heavy atom. The van der Waals surface area contributed by atoms with E-state index in [1.54, 1.807) is 12.1 Å². The molecule has 3 rings (SSSR count). The number of amidine groups is 1. The van der Waals surface area contributed by atoms with E-state index in [1.165, 1.54) is 28.8 Å². The first kappa shape index (κ1) is 17.7. The number of anilines is 1. The molecule has 0 aromatic heterocycles. The molecule has 0 unspecified atom stereocenters. The van der Waals surface area contributed by atoms with Crippen LogP contribution >= 0.6 is 11.8 Å². The van der Waals surface area contributed by atoms with Crippen molar-refractivity contribution in [1.29, 1.82) is 0 Å². The van der Waals surface area contributed by atoms with Crippen molar-refractivity contribution in [2.75, 3.05) is 30.0 Å². The summed E-state index contributed by atoms with van der Waals surface area (Å²) in [6.45, 7) is 0.583. The Morgan fingerprint density at radius 3 is 2.88 bits per heavy atom. The van der Waals surface area contributed by atoms with Crippen molar-refractivity contribution < 1.29 is 18.0 Å². The third-order valence-electron chi connectivity index (χ3n) is 3.71. The molecule has 1 saturated heterocycles. The summed E-state index contributed by atoms with van der Waals surface area (Å²) < 4.78 is 27.2. The number of rotatable bonds is 5. The van der Waals surface area contributed by atoms with Crippen LogP contribution < -0.4 is 10.0 Å². The number of aliphatic imine (C=N–C) groups is 1. The van der Waals surface area contributed by atoms with Crippen LogP contribution in [0.3, 0.4) is 0 Å². The van der Waals surface area contributed by atoms with Gasteiger partial charge in [0.1, 0.15) is 12.4 Å². The van der Waals surface area contributed by atoms with Crippen LogP contribution in [0.5, 0.6) is 0 Å². The standard InChI is InChI=1S/C15H18N4O4S2/c20-14(8-19-10-24-9-15(19)21)17-11-3-1-4-12(7-11)25(22,23)18-13-5-2-6-16-13/h1,3-4,7H,2,5-6,8-10H2,(H,16,18)(H,17,20). The van der Waals surface area contributed by atoms with Crippen LogP contribution in [0.1, 0.15) is 12.8 Å². The van der Waals surface area contributed by atoms with Crippen molar-refractivity contribution in [2.45, 2.75) is 17.7 Å². The smallest absolute Gasteiger partial charge is 0.262 e. The van der Waals surface area contributed by atoms with Gasteiger partial charge in [0.2, 0.25) is 11.8 Å². The van der Waals surface area contributed by atoms with E-state index < -0.39 is 10.0 Å². The lowest BCUT2D eigenvalue weighted by atomic mass is 10.3. The number of benzene rings is 1. The molecule has 0 bridgehead atoms. The molecule has 2 N–H and O–H groups in total. The molecule has 10 heteroatoms. The molecule has 2 amide bonds. The number of amides is 2. The highest BCUT2D eigenvalue weighted by Gasteiger charge is 2.23. The second-order valence-electron chi connectivity index (χ2n) is 5.68. The Morgan fingerprint density at radius 1 is 1.36 bits per heavy atom. The van der Waals surface area contributed by atoms with E-state index in [0.717, 1.165) is 6.42 Å². The van der Waals surface area contributed by atoms with Gasteiger partial charge in [-0.3, -0.25) is 19.3 Å². The molecule has 0 spiro atoms. The Kier molecular flexibility index (Phi) is 5.28. The normalized spacial score (nSPS) is 17.5. The fourth-order valence-electron chi connectivity index (χ4n) is 2.49. The minimum atomic E-state index is -3.73. The van der Waals surface area contributed by atoms with Crippen LogP contribution in [-0.2, 0) is 19.6 Å². The molecule has 0 radical (unpaired) electrons. The van der Waals surface area contributed by atoms with E-state index in [0.29, 0.717) is 36.1 Å². The van der Waals surface area contributed by atoms with Crippen molar-refractivity contribution >= 4 is 45.1 Å². The molecule has 8 nitrogen and oxygen atoms in total. The summed E-state index contributed by atoms with van der Waals surface area (Å²) in [5.41, 5.74) is 0.362. The minimum Gasteiger partial charge on any atom is -0.325 e. The fraction of sp³-hybridized carbons (Fsp3) is 0.400. The van der Waals surface area contributed by atoms with Crippen LogP contribution in [0.15, 0.2) is 34.2 Å². The van der Waals surface area contributed by atoms with Gasteiger partial charge >= 0.3 is 0 Å². The molecule has 1 fully saturated rings. The Bertz CT molecular complexity index is 823. The average molecular weight is 382 g/mol. The lowest BCUT2D eigenvalue weighted by molar-refractivity contribution is -0.130. The van der Waals surface area contributed by atoms with Gasteiger partial charge in [0.15, 0.2) is 0 Å². The van der Waals surface area contributed by atoms with Gasteiger partial charge < -0.3 is 10.2 Å². The summed E-state index contributed by atoms with van der Waals surface area (Å²) in [5, 5.41) is 2.63. The van der Waals surface area contributed by atoms with Crippen molar-refractivity contribution in [1.82, 2.24) is 9.62 Å². The number of thioether (sulfide) groups is 1. The largest absolute Gasteiger partial charge is 0.325 e. The van der Waals surface area contributed by atoms with E-state index in [4.69, 9.17) is 0 Å². The molecule has 134 valence electrons. The zero-order valence-electron chi connectivity index (χ0n) is 13.4. The second kappa shape index (κ2) is 7.44. The molecule has 2 aliphatic rings. The first-order valence-electron chi connectivity index (χ1n) is 7.76. The van der Waals surface area contributed by atoms with Crippen molar-refractivity contribution in [3.05, 3.63) is 24.3 Å². The summed E-state index contributed by atoms with van der Waals surface area (Å²) in [4.78, 5) is 29.2. The topological polar surface area (TPSA) is 108 Å². The predicted octanol–water partition coefficient (Wildman–Crippen LogP) is 0.629. The maximum absolute atomic E-state index is 12.4. The number of nitrogens with zero attached hydrogens (tertiary/aromatic N) is 2. The van der Waals surface area contributed by atoms with Crippen molar-refractivity contribution in [2.24, 2.45) is 4.99 Å². The molecular formula is C15H18N4O4S2. The van der Waals surface area contributed by atoms with Crippen molar-refractivity contribution in [3.63, 3.8) is 0 Å². The number of sulfonamides is 1. The van der Waals surface area contributed by atoms with E-state index in [2.05, 4.69) is 15.0 Å². The van der Waals surface area contributed by atoms with E-state index in [-0.39, 0.29) is 23.3 Å². The third kappa shape index (κ3) is 4.51. The molecule has 25 heavy (non-hydrogen) atoms. The van der Waals surface area contributed by atoms with Crippen LogP contribution in [-0.4, -0.2) is 55.7 Å². The molecule has 2 aliphatic heterocycles. The number of carbonyl (C=O) groups excluding carboxylic acids is 2. The summed E-state index contributed by atoms with van der Waals surface area (Å²) in [6, 6.07) is 5.99. The number of hydrogen-bond donors (Lipinski definition) is 2. The lowest BCUT2D eigenvalue weighted by Gasteiger charge is -2.14. The van der Waals surface area contributed by atoms with Gasteiger partial charge in [-0.1, -0.05) is 6.07 Å². The third-order valence-corrected chi connectivity index (χ3v) is 6.04. The van der Waals surface area contributed by atoms with Gasteiger partial charge in [0.05, 0.1) is 16.5 Å². The quantitative estimate of drug-likeness (QED) is 0.777. The first-order chi connectivity index (χ1) is 11.9. The zero-order valence-corrected chi connectivity index (χ0v) is 15.0. The molecule has 1 aromatic carbocycles. The van der Waals surface area contributed by atoms with Crippen molar-refractivity contribution in [3.8, 4) is 0 Å². The van der Waals surface area contributed by atoms with Gasteiger partial charge in [0, 0.05) is 18.7 Å². The Hall–Kier alpha value is -2.07. The summed E-state index contributed by atoms with van der Waals surface area (Å²) >= 11 is 1.46. The first-order valence-corrected chi connectivity index (χ1v) is 10.4. The number of hydrogen-bond acceptors (Lipinski definition) is 6. The van der Waals surface area contributed by atoms with Gasteiger partial charge in [0.25, 0.3) is 10.0 Å². The molecule has 0 saturated carbocycles. The minimum absolute atomic E-state index is 0.0438. The molecule has 1 aromatic rings. The molecule has 0 atom stereocenters. The van der Waals surface area contributed by atoms with Crippen LogP contribution in [0.4, 0.5) is 5.69 Å². The van der Waals surface area contributed by atoms with Gasteiger partial charge in [-0.05, 0) is 24.6 Å². The molecular weight excluding hydrogens is 364 g/mol. The highest BCUT2D eigenvalue weighted by atomic mass is 32.2. The maximum Gasteiger partial charge on any atom is 0.262 e. The highest BCUT2D eigenvalue weighted by Crippen LogP contribution is 2.18. The Labute approximate surface area is 150 Å². The zero-order chi connectivity index (χ0) is 17.9. The van der Waals surface area contributed by atoms with E-state index in [1.807, 2.05) is 0 Å². The fourth-order valence-corrected chi connectivity index (χ4v) is 4.53. The molecule has 0 aliphatic carbocycles. The van der Waals surface area contributed by atoms with Crippen LogP contribution in [0.2, 0.25) is 0 Å². The Balaban J connectivity index is 1.66. The number of carbonyl (C=O) groups is 2. The summed E-state index contributed by atoms with van der Waals surface area (Å²) in [7, 11) is -3.73. The highest BCUT2D eigenvalue weighted by molar-refractivity contribution is 8.00. The van der Waals surface area contributed by atoms with E-state index in [9.17, 15) is 18.0 Å². The van der Waals surface area contributed by atoms with Crippen LogP contribution in [0.25, 0.3) is 0 Å². The monoisotopic (exact) mass is 382 g/mol. The summed E-state index contributed by atoms with van der Waals surface area (Å²) in [6.07, 6.45) is 1.44. The van der Waals surface area contributed by atoms with E-state index >= 15 is 0 Å². The summed E-state index contributed by atoms with van der Waals surface area (Å²) in [5.74, 6) is 0.902. The average Bonchev–Trinajstić information content (AvgIpc) is 3.20. The number of nitrogens with one attached hydrogen (secondary N) is 2. The predicted molar refractivity (Wildman–Crippen MR) is 96.0 cm³/mol.